The molecule has 2 rings (SSSR count). The van der Waals surface area contributed by atoms with Crippen molar-refractivity contribution in [1.82, 2.24) is 10.1 Å². The minimum Gasteiger partial charge on any atom is -0.476 e. The number of carboxylic acids is 2. The molecule has 8 heteroatoms. The Balaban J connectivity index is 0.000000160. The number of aromatic nitrogens is 2. The fourth-order valence-electron chi connectivity index (χ4n) is 0.652. The van der Waals surface area contributed by atoms with Gasteiger partial charge in [0.25, 0.3) is 0 Å². The molecule has 0 saturated heterocycles. The van der Waals surface area contributed by atoms with Crippen molar-refractivity contribution in [2.75, 3.05) is 0 Å². The Bertz CT molecular complexity index is 406. The Morgan fingerprint density at radius 3 is 2.31 bits per heavy atom. The molecule has 0 saturated carbocycles. The molecule has 0 fully saturated rings. The van der Waals surface area contributed by atoms with Gasteiger partial charge in [-0.15, -0.1) is 11.3 Å². The molecule has 84 valence electrons. The van der Waals surface area contributed by atoms with Crippen LogP contribution in [-0.2, 0) is 0 Å². The van der Waals surface area contributed by atoms with E-state index >= 15 is 0 Å². The van der Waals surface area contributed by atoms with E-state index < -0.39 is 11.9 Å². The number of hydrogen-bond acceptors (Lipinski definition) is 6. The number of carboxylic acid groups (broad SMARTS) is 2. The van der Waals surface area contributed by atoms with Gasteiger partial charge in [-0.1, -0.05) is 5.16 Å². The molecule has 0 aliphatic carbocycles. The molecule has 0 aliphatic heterocycles. The van der Waals surface area contributed by atoms with Crippen LogP contribution in [0.2, 0.25) is 0 Å². The number of aromatic carboxylic acids is 2. The molecule has 0 spiro atoms. The van der Waals surface area contributed by atoms with E-state index in [-0.39, 0.29) is 10.7 Å². The van der Waals surface area contributed by atoms with E-state index in [0.29, 0.717) is 0 Å². The van der Waals surface area contributed by atoms with Crippen molar-refractivity contribution >= 4 is 23.3 Å². The predicted octanol–water partition coefficient (Wildman–Crippen LogP) is 1.21. The van der Waals surface area contributed by atoms with E-state index in [9.17, 15) is 9.59 Å². The van der Waals surface area contributed by atoms with Crippen molar-refractivity contribution in [3.8, 4) is 0 Å². The van der Waals surface area contributed by atoms with Gasteiger partial charge in [-0.25, -0.2) is 14.6 Å². The van der Waals surface area contributed by atoms with Gasteiger partial charge < -0.3 is 14.7 Å². The SMILES string of the molecule is O=C(O)c1ccon1.O=C(O)c1nccs1. The standard InChI is InChI=1S/C4H3NO3.C4H3NO2S/c6-4(7)3-1-2-8-5-3;6-4(7)3-5-1-2-8-3/h2*1-2H,(H,6,7). The average Bonchev–Trinajstić information content (AvgIpc) is 2.93. The van der Waals surface area contributed by atoms with Crippen LogP contribution in [0, 0.1) is 0 Å². The molecule has 7 nitrogen and oxygen atoms in total. The molecule has 0 amide bonds. The lowest BCUT2D eigenvalue weighted by atomic mass is 10.5. The minimum atomic E-state index is -1.07. The fraction of sp³-hybridized carbons (Fsp3) is 0. The van der Waals surface area contributed by atoms with Crippen LogP contribution in [0.15, 0.2) is 28.4 Å². The second-order valence-electron chi connectivity index (χ2n) is 2.33. The normalized spacial score (nSPS) is 9.00. The maximum absolute atomic E-state index is 10.0. The zero-order valence-electron chi connectivity index (χ0n) is 7.73. The van der Waals surface area contributed by atoms with Crippen LogP contribution >= 0.6 is 11.3 Å². The zero-order valence-corrected chi connectivity index (χ0v) is 8.55. The van der Waals surface area contributed by atoms with Gasteiger partial charge in [0, 0.05) is 17.6 Å². The highest BCUT2D eigenvalue weighted by atomic mass is 32.1. The van der Waals surface area contributed by atoms with Crippen molar-refractivity contribution in [3.05, 3.63) is 34.6 Å². The van der Waals surface area contributed by atoms with Gasteiger partial charge in [0.1, 0.15) is 6.26 Å². The zero-order chi connectivity index (χ0) is 12.0. The Hall–Kier alpha value is -2.22. The molecule has 0 aromatic carbocycles. The Morgan fingerprint density at radius 1 is 1.31 bits per heavy atom. The van der Waals surface area contributed by atoms with Crippen molar-refractivity contribution in [1.29, 1.82) is 0 Å². The van der Waals surface area contributed by atoms with Crippen LogP contribution < -0.4 is 0 Å². The Kier molecular flexibility index (Phi) is 4.16. The summed E-state index contributed by atoms with van der Waals surface area (Å²) < 4.78 is 4.24. The average molecular weight is 242 g/mol. The number of rotatable bonds is 2. The highest BCUT2D eigenvalue weighted by molar-refractivity contribution is 7.11. The summed E-state index contributed by atoms with van der Waals surface area (Å²) in [6.07, 6.45) is 2.68. The first kappa shape index (κ1) is 11.9. The lowest BCUT2D eigenvalue weighted by molar-refractivity contribution is 0.0679. The molecule has 2 aromatic rings. The summed E-state index contributed by atoms with van der Waals surface area (Å²) in [5.74, 6) is -2.03. The maximum Gasteiger partial charge on any atom is 0.364 e. The number of hydrogen-bond donors (Lipinski definition) is 2. The topological polar surface area (TPSA) is 114 Å². The lowest BCUT2D eigenvalue weighted by Crippen LogP contribution is -1.94. The summed E-state index contributed by atoms with van der Waals surface area (Å²) in [6, 6.07) is 1.28. The third-order valence-corrected chi connectivity index (χ3v) is 2.03. The summed E-state index contributed by atoms with van der Waals surface area (Å²) in [6.45, 7) is 0. The second kappa shape index (κ2) is 5.61. The van der Waals surface area contributed by atoms with Crippen LogP contribution in [0.4, 0.5) is 0 Å². The summed E-state index contributed by atoms with van der Waals surface area (Å²) >= 11 is 1.12. The van der Waals surface area contributed by atoms with Crippen molar-refractivity contribution in [2.24, 2.45) is 0 Å². The largest absolute Gasteiger partial charge is 0.476 e. The summed E-state index contributed by atoms with van der Waals surface area (Å²) in [5, 5.41) is 21.3. The first-order chi connectivity index (χ1) is 7.61. The van der Waals surface area contributed by atoms with Gasteiger partial charge in [0.2, 0.25) is 5.01 Å². The van der Waals surface area contributed by atoms with Crippen molar-refractivity contribution in [2.45, 2.75) is 0 Å². The lowest BCUT2D eigenvalue weighted by Gasteiger charge is -1.77. The third kappa shape index (κ3) is 3.50. The molecule has 0 atom stereocenters. The van der Waals surface area contributed by atoms with Crippen LogP contribution in [0.1, 0.15) is 20.3 Å². The maximum atomic E-state index is 10.0. The predicted molar refractivity (Wildman–Crippen MR) is 52.5 cm³/mol. The van der Waals surface area contributed by atoms with E-state index in [1.165, 1.54) is 18.5 Å². The molecule has 2 heterocycles. The van der Waals surface area contributed by atoms with Crippen LogP contribution in [0.3, 0.4) is 0 Å². The van der Waals surface area contributed by atoms with Gasteiger partial charge in [-0.05, 0) is 0 Å². The quantitative estimate of drug-likeness (QED) is 0.813. The van der Waals surface area contributed by atoms with Gasteiger partial charge in [0.15, 0.2) is 5.69 Å². The van der Waals surface area contributed by atoms with Gasteiger partial charge >= 0.3 is 11.9 Å². The molecular formula is C8H6N2O5S. The minimum absolute atomic E-state index is 0.0648. The smallest absolute Gasteiger partial charge is 0.364 e. The van der Waals surface area contributed by atoms with Gasteiger partial charge in [-0.3, -0.25) is 0 Å². The Morgan fingerprint density at radius 2 is 2.06 bits per heavy atom. The molecule has 0 unspecified atom stereocenters. The van der Waals surface area contributed by atoms with Crippen molar-refractivity contribution in [3.63, 3.8) is 0 Å². The van der Waals surface area contributed by atoms with Crippen molar-refractivity contribution < 1.29 is 24.3 Å². The number of carbonyl (C=O) groups is 2. The molecule has 2 N–H and O–H groups in total. The number of nitrogens with zero attached hydrogens (tertiary/aromatic N) is 2. The van der Waals surface area contributed by atoms with Crippen LogP contribution in [-0.4, -0.2) is 32.3 Å². The van der Waals surface area contributed by atoms with Gasteiger partial charge in [-0.2, -0.15) is 0 Å². The molecule has 0 radical (unpaired) electrons. The molecule has 0 aliphatic rings. The summed E-state index contributed by atoms with van der Waals surface area (Å²) in [7, 11) is 0. The Labute approximate surface area is 93.0 Å². The van der Waals surface area contributed by atoms with Crippen LogP contribution in [0.25, 0.3) is 0 Å². The molecule has 0 bridgehead atoms. The fourth-order valence-corrected chi connectivity index (χ4v) is 1.13. The van der Waals surface area contributed by atoms with Crippen LogP contribution in [0.5, 0.6) is 0 Å². The summed E-state index contributed by atoms with van der Waals surface area (Å²) in [5.41, 5.74) is -0.0648. The van der Waals surface area contributed by atoms with E-state index in [1.807, 2.05) is 0 Å². The van der Waals surface area contributed by atoms with Gasteiger partial charge in [0.05, 0.1) is 0 Å². The highest BCUT2D eigenvalue weighted by Gasteiger charge is 2.03. The second-order valence-corrected chi connectivity index (χ2v) is 3.23. The summed E-state index contributed by atoms with van der Waals surface area (Å²) in [4.78, 5) is 23.5. The molecule has 2 aromatic heterocycles. The first-order valence-corrected chi connectivity index (χ1v) is 4.75. The molecular weight excluding hydrogens is 236 g/mol. The number of thiazole rings is 1. The highest BCUT2D eigenvalue weighted by Crippen LogP contribution is 2.01. The third-order valence-electron chi connectivity index (χ3n) is 1.27. The first-order valence-electron chi connectivity index (χ1n) is 3.87. The van der Waals surface area contributed by atoms with E-state index in [4.69, 9.17) is 10.2 Å². The van der Waals surface area contributed by atoms with E-state index in [0.717, 1.165) is 11.3 Å². The van der Waals surface area contributed by atoms with E-state index in [2.05, 4.69) is 14.7 Å². The monoisotopic (exact) mass is 242 g/mol. The van der Waals surface area contributed by atoms with E-state index in [1.54, 1.807) is 5.38 Å². The molecule has 16 heavy (non-hydrogen) atoms.